The summed E-state index contributed by atoms with van der Waals surface area (Å²) in [5.41, 5.74) is 0. The molecule has 86 valence electrons. The van der Waals surface area contributed by atoms with Gasteiger partial charge in [0.2, 0.25) is 0 Å². The lowest BCUT2D eigenvalue weighted by molar-refractivity contribution is 0.477. The van der Waals surface area contributed by atoms with E-state index in [1.54, 1.807) is 6.92 Å². The van der Waals surface area contributed by atoms with Crippen molar-refractivity contribution in [3.8, 4) is 6.07 Å². The number of nitrogens with zero attached hydrogens (tertiary/aromatic N) is 1. The van der Waals surface area contributed by atoms with Gasteiger partial charge in [-0.25, -0.2) is 8.42 Å². The van der Waals surface area contributed by atoms with Gasteiger partial charge in [-0.1, -0.05) is 13.3 Å². The van der Waals surface area contributed by atoms with Crippen molar-refractivity contribution >= 4 is 9.84 Å². The first kappa shape index (κ1) is 12.5. The minimum absolute atomic E-state index is 0.0642. The van der Waals surface area contributed by atoms with Crippen molar-refractivity contribution < 1.29 is 8.42 Å². The maximum atomic E-state index is 11.2. The number of sulfone groups is 1. The first-order chi connectivity index (χ1) is 7.09. The van der Waals surface area contributed by atoms with Crippen LogP contribution in [0.25, 0.3) is 0 Å². The van der Waals surface area contributed by atoms with Gasteiger partial charge < -0.3 is 5.32 Å². The summed E-state index contributed by atoms with van der Waals surface area (Å²) in [7, 11) is -2.88. The number of rotatable bonds is 5. The molecule has 0 aromatic heterocycles. The summed E-state index contributed by atoms with van der Waals surface area (Å²) in [4.78, 5) is 0. The topological polar surface area (TPSA) is 70.0 Å². The van der Waals surface area contributed by atoms with Gasteiger partial charge in [0.05, 0.1) is 17.7 Å². The summed E-state index contributed by atoms with van der Waals surface area (Å²) >= 11 is 0. The van der Waals surface area contributed by atoms with Crippen molar-refractivity contribution in [1.82, 2.24) is 5.32 Å². The molecule has 2 unspecified atom stereocenters. The Labute approximate surface area is 91.6 Å². The highest BCUT2D eigenvalue weighted by Crippen LogP contribution is 2.24. The molecule has 0 spiro atoms. The minimum atomic E-state index is -2.88. The van der Waals surface area contributed by atoms with E-state index >= 15 is 0 Å². The van der Waals surface area contributed by atoms with E-state index in [0.29, 0.717) is 6.54 Å². The van der Waals surface area contributed by atoms with Crippen LogP contribution in [0.3, 0.4) is 0 Å². The molecule has 1 aliphatic carbocycles. The molecule has 1 N–H and O–H groups in total. The molecule has 15 heavy (non-hydrogen) atoms. The van der Waals surface area contributed by atoms with E-state index in [1.165, 1.54) is 0 Å². The van der Waals surface area contributed by atoms with Crippen LogP contribution in [0.2, 0.25) is 0 Å². The van der Waals surface area contributed by atoms with Crippen LogP contribution in [0, 0.1) is 17.2 Å². The van der Waals surface area contributed by atoms with Crippen LogP contribution in [-0.4, -0.2) is 32.5 Å². The molecular weight excluding hydrogens is 212 g/mol. The lowest BCUT2D eigenvalue weighted by atomic mass is 10.1. The zero-order valence-electron chi connectivity index (χ0n) is 9.07. The van der Waals surface area contributed by atoms with Crippen molar-refractivity contribution in [2.24, 2.45) is 5.92 Å². The highest BCUT2D eigenvalue weighted by molar-refractivity contribution is 7.91. The van der Waals surface area contributed by atoms with Crippen molar-refractivity contribution in [1.29, 1.82) is 5.26 Å². The predicted molar refractivity (Wildman–Crippen MR) is 59.1 cm³/mol. The Bertz CT molecular complexity index is 332. The predicted octanol–water partition coefficient (Wildman–Crippen LogP) is 0.703. The van der Waals surface area contributed by atoms with Crippen molar-refractivity contribution in [3.05, 3.63) is 0 Å². The lowest BCUT2D eigenvalue weighted by Gasteiger charge is -2.15. The van der Waals surface area contributed by atoms with Gasteiger partial charge in [-0.3, -0.25) is 0 Å². The molecule has 0 bridgehead atoms. The zero-order chi connectivity index (χ0) is 11.3. The van der Waals surface area contributed by atoms with Gasteiger partial charge in [0.25, 0.3) is 0 Å². The second-order valence-electron chi connectivity index (χ2n) is 3.96. The normalized spacial score (nSPS) is 26.4. The molecule has 2 atom stereocenters. The van der Waals surface area contributed by atoms with E-state index in [4.69, 9.17) is 5.26 Å². The molecule has 1 aliphatic rings. The minimum Gasteiger partial charge on any atom is -0.312 e. The first-order valence-corrected chi connectivity index (χ1v) is 7.24. The third-order valence-electron chi connectivity index (χ3n) is 2.94. The fourth-order valence-corrected chi connectivity index (χ4v) is 2.62. The van der Waals surface area contributed by atoms with Crippen LogP contribution < -0.4 is 5.32 Å². The Balaban J connectivity index is 2.29. The number of hydrogen-bond acceptors (Lipinski definition) is 4. The van der Waals surface area contributed by atoms with E-state index < -0.39 is 9.84 Å². The van der Waals surface area contributed by atoms with E-state index in [-0.39, 0.29) is 23.5 Å². The highest BCUT2D eigenvalue weighted by Gasteiger charge is 2.26. The van der Waals surface area contributed by atoms with E-state index in [2.05, 4.69) is 11.4 Å². The fourth-order valence-electron chi connectivity index (χ4n) is 1.90. The molecule has 1 fully saturated rings. The molecule has 0 heterocycles. The maximum Gasteiger partial charge on any atom is 0.151 e. The van der Waals surface area contributed by atoms with Gasteiger partial charge in [0.15, 0.2) is 9.84 Å². The molecule has 0 aliphatic heterocycles. The second-order valence-corrected chi connectivity index (χ2v) is 6.44. The molecule has 0 aromatic rings. The highest BCUT2D eigenvalue weighted by atomic mass is 32.2. The van der Waals surface area contributed by atoms with Crippen LogP contribution in [0.5, 0.6) is 0 Å². The summed E-state index contributed by atoms with van der Waals surface area (Å²) in [5.74, 6) is 0.438. The summed E-state index contributed by atoms with van der Waals surface area (Å²) in [5, 5.41) is 12.0. The lowest BCUT2D eigenvalue weighted by Crippen LogP contribution is -2.35. The SMILES string of the molecule is CCS(=O)(=O)CCNC1CCCC1C#N. The molecule has 5 heteroatoms. The third kappa shape index (κ3) is 3.80. The van der Waals surface area contributed by atoms with E-state index in [1.807, 2.05) is 0 Å². The maximum absolute atomic E-state index is 11.2. The quantitative estimate of drug-likeness (QED) is 0.755. The largest absolute Gasteiger partial charge is 0.312 e. The van der Waals surface area contributed by atoms with Crippen LogP contribution in [0.4, 0.5) is 0 Å². The van der Waals surface area contributed by atoms with Gasteiger partial charge in [0, 0.05) is 18.3 Å². The Morgan fingerprint density at radius 3 is 2.80 bits per heavy atom. The molecular formula is C10H18N2O2S. The molecule has 0 amide bonds. The Hall–Kier alpha value is -0.600. The molecule has 4 nitrogen and oxygen atoms in total. The smallest absolute Gasteiger partial charge is 0.151 e. The second kappa shape index (κ2) is 5.47. The fraction of sp³-hybridized carbons (Fsp3) is 0.900. The zero-order valence-corrected chi connectivity index (χ0v) is 9.89. The van der Waals surface area contributed by atoms with Crippen molar-refractivity contribution in [3.63, 3.8) is 0 Å². The van der Waals surface area contributed by atoms with Gasteiger partial charge in [-0.05, 0) is 12.8 Å². The Morgan fingerprint density at radius 2 is 2.20 bits per heavy atom. The van der Waals surface area contributed by atoms with Crippen LogP contribution in [-0.2, 0) is 9.84 Å². The summed E-state index contributed by atoms with van der Waals surface area (Å²) in [6.45, 7) is 2.13. The molecule has 1 saturated carbocycles. The molecule has 1 rings (SSSR count). The standard InChI is InChI=1S/C10H18N2O2S/c1-2-15(13,14)7-6-12-10-5-3-4-9(10)8-11/h9-10,12H,2-7H2,1H3. The monoisotopic (exact) mass is 230 g/mol. The summed E-state index contributed by atoms with van der Waals surface area (Å²) < 4.78 is 22.4. The van der Waals surface area contributed by atoms with Crippen molar-refractivity contribution in [2.45, 2.75) is 32.2 Å². The van der Waals surface area contributed by atoms with Crippen LogP contribution in [0.15, 0.2) is 0 Å². The van der Waals surface area contributed by atoms with Gasteiger partial charge in [0.1, 0.15) is 0 Å². The average Bonchev–Trinajstić information content (AvgIpc) is 2.65. The van der Waals surface area contributed by atoms with Crippen molar-refractivity contribution in [2.75, 3.05) is 18.1 Å². The van der Waals surface area contributed by atoms with Crippen LogP contribution >= 0.6 is 0 Å². The van der Waals surface area contributed by atoms with Gasteiger partial charge in [-0.15, -0.1) is 0 Å². The number of nitrogens with one attached hydrogen (secondary N) is 1. The Morgan fingerprint density at radius 1 is 1.47 bits per heavy atom. The van der Waals surface area contributed by atoms with E-state index in [0.717, 1.165) is 19.3 Å². The summed E-state index contributed by atoms with van der Waals surface area (Å²) in [6.07, 6.45) is 3.00. The summed E-state index contributed by atoms with van der Waals surface area (Å²) in [6, 6.07) is 2.46. The van der Waals surface area contributed by atoms with Gasteiger partial charge >= 0.3 is 0 Å². The average molecular weight is 230 g/mol. The van der Waals surface area contributed by atoms with Crippen LogP contribution in [0.1, 0.15) is 26.2 Å². The Kier molecular flexibility index (Phi) is 4.55. The number of hydrogen-bond donors (Lipinski definition) is 1. The first-order valence-electron chi connectivity index (χ1n) is 5.42. The van der Waals surface area contributed by atoms with E-state index in [9.17, 15) is 8.42 Å². The molecule has 0 saturated heterocycles. The molecule has 0 radical (unpaired) electrons. The third-order valence-corrected chi connectivity index (χ3v) is 4.65. The van der Waals surface area contributed by atoms with Gasteiger partial charge in [-0.2, -0.15) is 5.26 Å². The number of nitriles is 1. The molecule has 0 aromatic carbocycles.